The van der Waals surface area contributed by atoms with E-state index in [0.717, 1.165) is 6.07 Å². The number of sulfonamides is 1. The number of nitrogens with zero attached hydrogens (tertiary/aromatic N) is 1. The maximum Gasteiger partial charge on any atom is 0.293 e. The molecular formula is C12H19N3O4S. The molecule has 0 aliphatic rings. The minimum Gasteiger partial charge on any atom is -0.383 e. The van der Waals surface area contributed by atoms with Crippen molar-refractivity contribution in [2.75, 3.05) is 12.4 Å². The third-order valence-electron chi connectivity index (χ3n) is 3.04. The maximum absolute atomic E-state index is 12.2. The molecule has 1 rings (SSSR count). The highest BCUT2D eigenvalue weighted by Crippen LogP contribution is 2.27. The molecule has 7 nitrogen and oxygen atoms in total. The second kappa shape index (κ2) is 5.76. The Labute approximate surface area is 118 Å². The van der Waals surface area contributed by atoms with Gasteiger partial charge in [-0.05, 0) is 32.4 Å². The molecule has 20 heavy (non-hydrogen) atoms. The molecule has 0 atom stereocenters. The first-order chi connectivity index (χ1) is 9.13. The monoisotopic (exact) mass is 301 g/mol. The first-order valence-corrected chi connectivity index (χ1v) is 7.61. The highest BCUT2D eigenvalue weighted by Gasteiger charge is 2.26. The first-order valence-electron chi connectivity index (χ1n) is 6.13. The van der Waals surface area contributed by atoms with Crippen LogP contribution in [0.15, 0.2) is 23.1 Å². The lowest BCUT2D eigenvalue weighted by Gasteiger charge is -2.24. The third-order valence-corrected chi connectivity index (χ3v) is 4.74. The van der Waals surface area contributed by atoms with E-state index in [0.29, 0.717) is 6.42 Å². The van der Waals surface area contributed by atoms with E-state index in [4.69, 9.17) is 0 Å². The summed E-state index contributed by atoms with van der Waals surface area (Å²) < 4.78 is 27.0. The molecular weight excluding hydrogens is 282 g/mol. The maximum atomic E-state index is 12.2. The van der Waals surface area contributed by atoms with Crippen LogP contribution >= 0.6 is 0 Å². The number of benzene rings is 1. The van der Waals surface area contributed by atoms with E-state index in [1.54, 1.807) is 13.8 Å². The summed E-state index contributed by atoms with van der Waals surface area (Å²) in [5.41, 5.74) is -0.622. The number of nitrogens with one attached hydrogen (secondary N) is 2. The molecule has 0 saturated carbocycles. The van der Waals surface area contributed by atoms with E-state index < -0.39 is 20.5 Å². The van der Waals surface area contributed by atoms with Crippen molar-refractivity contribution in [3.05, 3.63) is 28.3 Å². The van der Waals surface area contributed by atoms with E-state index >= 15 is 0 Å². The predicted octanol–water partition coefficient (Wildman–Crippen LogP) is 2.10. The Morgan fingerprint density at radius 1 is 1.35 bits per heavy atom. The quantitative estimate of drug-likeness (QED) is 0.619. The smallest absolute Gasteiger partial charge is 0.293 e. The van der Waals surface area contributed by atoms with Crippen LogP contribution in [0, 0.1) is 10.1 Å². The summed E-state index contributed by atoms with van der Waals surface area (Å²) in [5.74, 6) is 0. The van der Waals surface area contributed by atoms with Gasteiger partial charge in [-0.15, -0.1) is 0 Å². The second-order valence-electron chi connectivity index (χ2n) is 5.03. The van der Waals surface area contributed by atoms with E-state index in [2.05, 4.69) is 10.0 Å². The summed E-state index contributed by atoms with van der Waals surface area (Å²) in [7, 11) is -2.26. The summed E-state index contributed by atoms with van der Waals surface area (Å²) in [6.45, 7) is 5.36. The van der Waals surface area contributed by atoms with Gasteiger partial charge in [0.05, 0.1) is 9.82 Å². The van der Waals surface area contributed by atoms with Crippen LogP contribution in [0.4, 0.5) is 11.4 Å². The summed E-state index contributed by atoms with van der Waals surface area (Å²) >= 11 is 0. The van der Waals surface area contributed by atoms with Gasteiger partial charge in [-0.3, -0.25) is 10.1 Å². The molecule has 112 valence electrons. The van der Waals surface area contributed by atoms with Gasteiger partial charge in [-0.1, -0.05) is 6.92 Å². The van der Waals surface area contributed by atoms with Gasteiger partial charge in [0.2, 0.25) is 10.0 Å². The molecule has 0 aliphatic carbocycles. The molecule has 0 amide bonds. The normalized spacial score (nSPS) is 12.2. The van der Waals surface area contributed by atoms with Gasteiger partial charge in [0.1, 0.15) is 5.69 Å². The lowest BCUT2D eigenvalue weighted by molar-refractivity contribution is -0.384. The van der Waals surface area contributed by atoms with E-state index in [-0.39, 0.29) is 16.3 Å². The molecule has 0 aliphatic heterocycles. The fourth-order valence-corrected chi connectivity index (χ4v) is 3.04. The van der Waals surface area contributed by atoms with Gasteiger partial charge in [0, 0.05) is 18.7 Å². The van der Waals surface area contributed by atoms with Crippen molar-refractivity contribution in [2.24, 2.45) is 0 Å². The van der Waals surface area contributed by atoms with Crippen molar-refractivity contribution in [3.63, 3.8) is 0 Å². The molecule has 0 heterocycles. The molecule has 0 saturated heterocycles. The van der Waals surface area contributed by atoms with E-state index in [1.165, 1.54) is 19.2 Å². The van der Waals surface area contributed by atoms with Crippen molar-refractivity contribution >= 4 is 21.4 Å². The Hall–Kier alpha value is -1.67. The van der Waals surface area contributed by atoms with Gasteiger partial charge in [0.15, 0.2) is 0 Å². The molecule has 0 radical (unpaired) electrons. The van der Waals surface area contributed by atoms with Gasteiger partial charge in [0.25, 0.3) is 5.69 Å². The summed E-state index contributed by atoms with van der Waals surface area (Å²) in [6, 6.07) is 3.78. The molecule has 2 N–H and O–H groups in total. The summed E-state index contributed by atoms with van der Waals surface area (Å²) in [5, 5.41) is 13.6. The lowest BCUT2D eigenvalue weighted by atomic mass is 10.0. The Balaban J connectivity index is 3.27. The van der Waals surface area contributed by atoms with Crippen molar-refractivity contribution in [2.45, 2.75) is 37.6 Å². The average molecular weight is 301 g/mol. The van der Waals surface area contributed by atoms with Gasteiger partial charge >= 0.3 is 0 Å². The fraction of sp³-hybridized carbons (Fsp3) is 0.500. The number of anilines is 1. The van der Waals surface area contributed by atoms with Crippen LogP contribution < -0.4 is 10.0 Å². The van der Waals surface area contributed by atoms with Crippen LogP contribution in [-0.4, -0.2) is 25.9 Å². The number of rotatable bonds is 6. The number of nitro groups is 1. The number of hydrogen-bond donors (Lipinski definition) is 2. The Bertz CT molecular complexity index is 611. The van der Waals surface area contributed by atoms with Crippen LogP contribution in [0.2, 0.25) is 0 Å². The van der Waals surface area contributed by atoms with Crippen molar-refractivity contribution in [1.29, 1.82) is 0 Å². The zero-order valence-corrected chi connectivity index (χ0v) is 12.7. The highest BCUT2D eigenvalue weighted by atomic mass is 32.2. The molecule has 1 aromatic rings. The van der Waals surface area contributed by atoms with Crippen LogP contribution in [0.25, 0.3) is 0 Å². The Morgan fingerprint density at radius 2 is 1.95 bits per heavy atom. The highest BCUT2D eigenvalue weighted by molar-refractivity contribution is 7.89. The SMILES string of the molecule is CCC(C)(C)NS(=O)(=O)c1ccc(NC)c([N+](=O)[O-])c1. The van der Waals surface area contributed by atoms with Gasteiger partial charge in [-0.25, -0.2) is 13.1 Å². The number of nitro benzene ring substituents is 1. The van der Waals surface area contributed by atoms with E-state index in [9.17, 15) is 18.5 Å². The molecule has 1 aromatic carbocycles. The molecule has 8 heteroatoms. The lowest BCUT2D eigenvalue weighted by Crippen LogP contribution is -2.42. The van der Waals surface area contributed by atoms with Crippen molar-refractivity contribution in [1.82, 2.24) is 4.72 Å². The predicted molar refractivity (Wildman–Crippen MR) is 77.3 cm³/mol. The minimum atomic E-state index is -3.79. The molecule has 0 unspecified atom stereocenters. The van der Waals surface area contributed by atoms with Crippen LogP contribution in [0.1, 0.15) is 27.2 Å². The van der Waals surface area contributed by atoms with E-state index in [1.807, 2.05) is 6.92 Å². The molecule has 0 spiro atoms. The van der Waals surface area contributed by atoms with Crippen molar-refractivity contribution in [3.8, 4) is 0 Å². The summed E-state index contributed by atoms with van der Waals surface area (Å²) in [6.07, 6.45) is 0.600. The largest absolute Gasteiger partial charge is 0.383 e. The molecule has 0 fully saturated rings. The second-order valence-corrected chi connectivity index (χ2v) is 6.71. The Morgan fingerprint density at radius 3 is 2.40 bits per heavy atom. The Kier molecular flexibility index (Phi) is 4.72. The first kappa shape index (κ1) is 16.4. The minimum absolute atomic E-state index is 0.121. The van der Waals surface area contributed by atoms with Crippen molar-refractivity contribution < 1.29 is 13.3 Å². The van der Waals surface area contributed by atoms with Crippen LogP contribution in [0.5, 0.6) is 0 Å². The fourth-order valence-electron chi connectivity index (χ4n) is 1.54. The third kappa shape index (κ3) is 3.67. The van der Waals surface area contributed by atoms with Gasteiger partial charge in [-0.2, -0.15) is 0 Å². The zero-order valence-electron chi connectivity index (χ0n) is 11.9. The van der Waals surface area contributed by atoms with Crippen LogP contribution in [-0.2, 0) is 10.0 Å². The standard InChI is InChI=1S/C12H19N3O4S/c1-5-12(2,3)14-20(18,19)9-6-7-10(13-4)11(8-9)15(16)17/h6-8,13-14H,5H2,1-4H3. The molecule has 0 aromatic heterocycles. The van der Waals surface area contributed by atoms with Crippen LogP contribution in [0.3, 0.4) is 0 Å². The summed E-state index contributed by atoms with van der Waals surface area (Å²) in [4.78, 5) is 10.2. The number of hydrogen-bond acceptors (Lipinski definition) is 5. The average Bonchev–Trinajstić information content (AvgIpc) is 2.36. The van der Waals surface area contributed by atoms with Gasteiger partial charge < -0.3 is 5.32 Å². The molecule has 0 bridgehead atoms. The topological polar surface area (TPSA) is 101 Å². The zero-order chi connectivity index (χ0) is 15.6.